The normalized spacial score (nSPS) is 14.4. The van der Waals surface area contributed by atoms with E-state index in [0.29, 0.717) is 36.5 Å². The molecule has 6 heteroatoms. The molecule has 3 nitrogen and oxygen atoms in total. The van der Waals surface area contributed by atoms with Crippen LogP contribution >= 0.6 is 0 Å². The van der Waals surface area contributed by atoms with E-state index in [0.717, 1.165) is 10.9 Å². The number of hydrogen-bond acceptors (Lipinski definition) is 3. The van der Waals surface area contributed by atoms with Gasteiger partial charge in [0.25, 0.3) is 0 Å². The standard InChI is InChI=1S/C19H18F3NO2/c20-19(21,22)10-4-1-5-11-25-17-9-8-16(24)14-12-13-6-2-3-7-15(13)23-18(14)17/h2-3,6-7,9,12H,1,4-5,8,10-11H2. The molecule has 132 valence electrons. The summed E-state index contributed by atoms with van der Waals surface area (Å²) in [5.41, 5.74) is 1.83. The zero-order valence-corrected chi connectivity index (χ0v) is 13.6. The monoisotopic (exact) mass is 349 g/mol. The first-order valence-corrected chi connectivity index (χ1v) is 8.27. The van der Waals surface area contributed by atoms with Crippen molar-refractivity contribution in [3.05, 3.63) is 47.7 Å². The van der Waals surface area contributed by atoms with Crippen LogP contribution in [0.2, 0.25) is 0 Å². The highest BCUT2D eigenvalue weighted by Crippen LogP contribution is 2.29. The third-order valence-corrected chi connectivity index (χ3v) is 4.09. The van der Waals surface area contributed by atoms with Crippen molar-refractivity contribution < 1.29 is 22.7 Å². The van der Waals surface area contributed by atoms with Crippen molar-refractivity contribution in [3.8, 4) is 0 Å². The molecule has 1 aromatic carbocycles. The molecular formula is C19H18F3NO2. The van der Waals surface area contributed by atoms with Crippen molar-refractivity contribution in [1.82, 2.24) is 4.98 Å². The second-order valence-electron chi connectivity index (χ2n) is 6.05. The maximum atomic E-state index is 12.1. The van der Waals surface area contributed by atoms with Crippen LogP contribution in [0.25, 0.3) is 16.7 Å². The fourth-order valence-corrected chi connectivity index (χ4v) is 2.82. The summed E-state index contributed by atoms with van der Waals surface area (Å²) in [5, 5.41) is 0.892. The number of benzene rings is 1. The number of rotatable bonds is 6. The summed E-state index contributed by atoms with van der Waals surface area (Å²) < 4.78 is 42.0. The largest absolute Gasteiger partial charge is 0.492 e. The Morgan fingerprint density at radius 2 is 1.92 bits per heavy atom. The SMILES string of the molecule is O=C1CC=C(OCCCCCC(F)(F)F)c2nc3ccccc3cc21. The molecule has 1 aliphatic rings. The molecule has 0 aliphatic heterocycles. The molecular weight excluding hydrogens is 331 g/mol. The van der Waals surface area contributed by atoms with Crippen molar-refractivity contribution in [2.24, 2.45) is 0 Å². The summed E-state index contributed by atoms with van der Waals surface area (Å²) in [7, 11) is 0. The van der Waals surface area contributed by atoms with E-state index in [1.807, 2.05) is 30.3 Å². The van der Waals surface area contributed by atoms with E-state index in [1.165, 1.54) is 0 Å². The molecule has 0 atom stereocenters. The van der Waals surface area contributed by atoms with Crippen LogP contribution in [-0.4, -0.2) is 23.6 Å². The van der Waals surface area contributed by atoms with Gasteiger partial charge in [0.1, 0.15) is 11.5 Å². The Labute approximate surface area is 143 Å². The number of halogens is 3. The molecule has 0 bridgehead atoms. The number of alkyl halides is 3. The number of nitrogens with zero attached hydrogens (tertiary/aromatic N) is 1. The van der Waals surface area contributed by atoms with Gasteiger partial charge >= 0.3 is 6.18 Å². The van der Waals surface area contributed by atoms with Crippen molar-refractivity contribution in [3.63, 3.8) is 0 Å². The molecule has 0 radical (unpaired) electrons. The minimum Gasteiger partial charge on any atom is -0.492 e. The fraction of sp³-hybridized carbons (Fsp3) is 0.368. The van der Waals surface area contributed by atoms with Crippen LogP contribution in [0.3, 0.4) is 0 Å². The summed E-state index contributed by atoms with van der Waals surface area (Å²) in [6, 6.07) is 9.34. The van der Waals surface area contributed by atoms with E-state index in [2.05, 4.69) is 4.98 Å². The number of carbonyl (C=O) groups excluding carboxylic acids is 1. The third-order valence-electron chi connectivity index (χ3n) is 4.09. The van der Waals surface area contributed by atoms with Gasteiger partial charge in [0, 0.05) is 23.8 Å². The second kappa shape index (κ2) is 7.25. The molecule has 1 aliphatic carbocycles. The maximum Gasteiger partial charge on any atom is 0.389 e. The Balaban J connectivity index is 1.64. The smallest absolute Gasteiger partial charge is 0.389 e. The second-order valence-corrected chi connectivity index (χ2v) is 6.05. The minimum absolute atomic E-state index is 0.00854. The number of ether oxygens (including phenoxy) is 1. The predicted octanol–water partition coefficient (Wildman–Crippen LogP) is 5.30. The molecule has 0 spiro atoms. The van der Waals surface area contributed by atoms with Crippen molar-refractivity contribution >= 4 is 22.4 Å². The molecule has 2 aromatic rings. The van der Waals surface area contributed by atoms with Gasteiger partial charge in [0.15, 0.2) is 5.78 Å². The average molecular weight is 349 g/mol. The predicted molar refractivity (Wildman–Crippen MR) is 89.1 cm³/mol. The lowest BCUT2D eigenvalue weighted by atomic mass is 9.97. The summed E-state index contributed by atoms with van der Waals surface area (Å²) >= 11 is 0. The zero-order chi connectivity index (χ0) is 17.9. The first-order chi connectivity index (χ1) is 11.9. The number of para-hydroxylation sites is 1. The van der Waals surface area contributed by atoms with E-state index in [4.69, 9.17) is 4.74 Å². The molecule has 0 N–H and O–H groups in total. The molecule has 0 saturated carbocycles. The van der Waals surface area contributed by atoms with E-state index < -0.39 is 12.6 Å². The number of aromatic nitrogens is 1. The quantitative estimate of drug-likeness (QED) is 0.664. The summed E-state index contributed by atoms with van der Waals surface area (Å²) in [6.07, 6.45) is -1.84. The van der Waals surface area contributed by atoms with Crippen LogP contribution in [-0.2, 0) is 4.74 Å². The van der Waals surface area contributed by atoms with Gasteiger partial charge < -0.3 is 4.74 Å². The number of pyridine rings is 1. The topological polar surface area (TPSA) is 39.2 Å². The van der Waals surface area contributed by atoms with Gasteiger partial charge in [-0.15, -0.1) is 0 Å². The van der Waals surface area contributed by atoms with Crippen LogP contribution in [0.1, 0.15) is 48.2 Å². The Morgan fingerprint density at radius 1 is 1.12 bits per heavy atom. The van der Waals surface area contributed by atoms with Crippen LogP contribution in [0.4, 0.5) is 13.2 Å². The van der Waals surface area contributed by atoms with Gasteiger partial charge in [0.2, 0.25) is 0 Å². The van der Waals surface area contributed by atoms with Gasteiger partial charge in [0.05, 0.1) is 12.1 Å². The van der Waals surface area contributed by atoms with Gasteiger partial charge in [-0.3, -0.25) is 4.79 Å². The lowest BCUT2D eigenvalue weighted by Crippen LogP contribution is -2.12. The number of hydrogen-bond donors (Lipinski definition) is 0. The van der Waals surface area contributed by atoms with Crippen molar-refractivity contribution in [2.75, 3.05) is 6.61 Å². The van der Waals surface area contributed by atoms with Crippen LogP contribution in [0.5, 0.6) is 0 Å². The van der Waals surface area contributed by atoms with E-state index in [-0.39, 0.29) is 18.6 Å². The molecule has 1 heterocycles. The van der Waals surface area contributed by atoms with Gasteiger partial charge in [-0.25, -0.2) is 4.98 Å². The fourth-order valence-electron chi connectivity index (χ4n) is 2.82. The number of fused-ring (bicyclic) bond motifs is 2. The first kappa shape index (κ1) is 17.5. The Hall–Kier alpha value is -2.37. The number of carbonyl (C=O) groups is 1. The number of Topliss-reactive ketones (excluding diaryl/α,β-unsaturated/α-hetero) is 1. The molecule has 0 amide bonds. The van der Waals surface area contributed by atoms with E-state index >= 15 is 0 Å². The lowest BCUT2D eigenvalue weighted by molar-refractivity contribution is -0.135. The first-order valence-electron chi connectivity index (χ1n) is 8.27. The van der Waals surface area contributed by atoms with Gasteiger partial charge in [-0.2, -0.15) is 13.2 Å². The molecule has 1 aromatic heterocycles. The summed E-state index contributed by atoms with van der Waals surface area (Å²) in [6.45, 7) is 0.311. The number of ketones is 1. The third kappa shape index (κ3) is 4.38. The van der Waals surface area contributed by atoms with Gasteiger partial charge in [-0.05, 0) is 37.5 Å². The Kier molecular flexibility index (Phi) is 5.06. The van der Waals surface area contributed by atoms with Crippen LogP contribution in [0, 0.1) is 0 Å². The highest BCUT2D eigenvalue weighted by atomic mass is 19.4. The van der Waals surface area contributed by atoms with Crippen LogP contribution < -0.4 is 0 Å². The van der Waals surface area contributed by atoms with Crippen molar-refractivity contribution in [1.29, 1.82) is 0 Å². The summed E-state index contributed by atoms with van der Waals surface area (Å²) in [5.74, 6) is 0.530. The lowest BCUT2D eigenvalue weighted by Gasteiger charge is -2.17. The molecule has 25 heavy (non-hydrogen) atoms. The van der Waals surface area contributed by atoms with Crippen LogP contribution in [0.15, 0.2) is 36.4 Å². The Bertz CT molecular complexity index is 812. The average Bonchev–Trinajstić information content (AvgIpc) is 2.57. The summed E-state index contributed by atoms with van der Waals surface area (Å²) in [4.78, 5) is 16.7. The van der Waals surface area contributed by atoms with Crippen molar-refractivity contribution in [2.45, 2.75) is 38.3 Å². The molecule has 0 fully saturated rings. The maximum absolute atomic E-state index is 12.1. The highest BCUT2D eigenvalue weighted by molar-refractivity contribution is 6.05. The number of unbranched alkanes of at least 4 members (excludes halogenated alkanes) is 2. The number of allylic oxidation sites excluding steroid dienone is 1. The van der Waals surface area contributed by atoms with E-state index in [9.17, 15) is 18.0 Å². The Morgan fingerprint density at radius 3 is 2.72 bits per heavy atom. The minimum atomic E-state index is -4.10. The molecule has 0 saturated heterocycles. The zero-order valence-electron chi connectivity index (χ0n) is 13.6. The van der Waals surface area contributed by atoms with E-state index in [1.54, 1.807) is 6.08 Å². The van der Waals surface area contributed by atoms with Gasteiger partial charge in [-0.1, -0.05) is 18.2 Å². The highest BCUT2D eigenvalue weighted by Gasteiger charge is 2.26. The molecule has 3 rings (SSSR count). The molecule has 0 unspecified atom stereocenters.